The van der Waals surface area contributed by atoms with Crippen molar-refractivity contribution >= 4 is 5.84 Å². The second kappa shape index (κ2) is 4.19. The molecule has 1 aliphatic rings. The fourth-order valence-electron chi connectivity index (χ4n) is 1.87. The number of nitrogens with one attached hydrogen (secondary N) is 1. The van der Waals surface area contributed by atoms with E-state index in [4.69, 9.17) is 5.41 Å². The highest BCUT2D eigenvalue weighted by molar-refractivity contribution is 5.81. The number of hydrogen-bond donors (Lipinski definition) is 1. The summed E-state index contributed by atoms with van der Waals surface area (Å²) in [6, 6.07) is 0. The van der Waals surface area contributed by atoms with E-state index in [1.807, 2.05) is 0 Å². The third-order valence-electron chi connectivity index (χ3n) is 2.57. The lowest BCUT2D eigenvalue weighted by Crippen LogP contribution is -2.38. The first kappa shape index (κ1) is 11.3. The van der Waals surface area contributed by atoms with Crippen molar-refractivity contribution in [3.05, 3.63) is 0 Å². The zero-order valence-corrected chi connectivity index (χ0v) is 8.19. The molecule has 14 heavy (non-hydrogen) atoms. The summed E-state index contributed by atoms with van der Waals surface area (Å²) in [5, 5.41) is 7.60. The summed E-state index contributed by atoms with van der Waals surface area (Å²) in [7, 11) is 1.34. The molecule has 0 unspecified atom stereocenters. The van der Waals surface area contributed by atoms with Crippen LogP contribution in [0.2, 0.25) is 0 Å². The van der Waals surface area contributed by atoms with Gasteiger partial charge in [0.05, 0.1) is 5.84 Å². The number of alkyl halides is 3. The van der Waals surface area contributed by atoms with E-state index >= 15 is 0 Å². The molecule has 2 nitrogen and oxygen atoms in total. The zero-order chi connectivity index (χ0) is 10.8. The van der Waals surface area contributed by atoms with Gasteiger partial charge in [0.2, 0.25) is 0 Å². The molecule has 1 aliphatic carbocycles. The van der Waals surface area contributed by atoms with Gasteiger partial charge in [-0.15, -0.1) is 0 Å². The van der Waals surface area contributed by atoms with Crippen LogP contribution in [0.3, 0.4) is 0 Å². The Labute approximate surface area is 81.6 Å². The molecule has 0 aromatic heterocycles. The Balaban J connectivity index is 2.43. The molecule has 5 heteroatoms. The predicted octanol–water partition coefficient (Wildman–Crippen LogP) is 2.65. The minimum Gasteiger partial charge on any atom is -0.354 e. The molecule has 0 spiro atoms. The molecule has 0 bridgehead atoms. The molecule has 0 aliphatic heterocycles. The van der Waals surface area contributed by atoms with Gasteiger partial charge in [-0.1, -0.05) is 12.8 Å². The smallest absolute Gasteiger partial charge is 0.354 e. The summed E-state index contributed by atoms with van der Waals surface area (Å²) in [6.07, 6.45) is -0.415. The van der Waals surface area contributed by atoms with Gasteiger partial charge in [0.25, 0.3) is 0 Å². The van der Waals surface area contributed by atoms with Crippen LogP contribution in [0.4, 0.5) is 13.2 Å². The average molecular weight is 208 g/mol. The van der Waals surface area contributed by atoms with E-state index in [1.54, 1.807) is 0 Å². The zero-order valence-electron chi connectivity index (χ0n) is 8.19. The van der Waals surface area contributed by atoms with Gasteiger partial charge >= 0.3 is 6.18 Å². The van der Waals surface area contributed by atoms with Crippen molar-refractivity contribution < 1.29 is 13.2 Å². The van der Waals surface area contributed by atoms with Crippen LogP contribution in [-0.4, -0.2) is 30.5 Å². The van der Waals surface area contributed by atoms with Gasteiger partial charge in [-0.05, 0) is 12.8 Å². The maximum Gasteiger partial charge on any atom is 0.405 e. The Morgan fingerprint density at radius 3 is 2.29 bits per heavy atom. The maximum atomic E-state index is 12.0. The molecular formula is C9H15F3N2. The van der Waals surface area contributed by atoms with Crippen LogP contribution >= 0.6 is 0 Å². The van der Waals surface area contributed by atoms with Gasteiger partial charge in [0, 0.05) is 13.0 Å². The second-order valence-electron chi connectivity index (χ2n) is 3.84. The highest BCUT2D eigenvalue weighted by Gasteiger charge is 2.32. The van der Waals surface area contributed by atoms with Gasteiger partial charge < -0.3 is 4.90 Å². The number of hydrogen-bond acceptors (Lipinski definition) is 1. The molecular weight excluding hydrogens is 193 g/mol. The van der Waals surface area contributed by atoms with Crippen molar-refractivity contribution in [2.45, 2.75) is 31.9 Å². The van der Waals surface area contributed by atoms with E-state index in [0.717, 1.165) is 30.6 Å². The highest BCUT2D eigenvalue weighted by Crippen LogP contribution is 2.27. The molecule has 82 valence electrons. The van der Waals surface area contributed by atoms with Crippen molar-refractivity contribution in [1.82, 2.24) is 4.90 Å². The average Bonchev–Trinajstić information content (AvgIpc) is 2.51. The molecule has 1 N–H and O–H groups in total. The van der Waals surface area contributed by atoms with Crippen molar-refractivity contribution in [1.29, 1.82) is 5.41 Å². The lowest BCUT2D eigenvalue weighted by atomic mass is 10.1. The molecule has 0 heterocycles. The van der Waals surface area contributed by atoms with Crippen LogP contribution in [0, 0.1) is 11.3 Å². The Morgan fingerprint density at radius 1 is 1.36 bits per heavy atom. The molecule has 0 aromatic carbocycles. The van der Waals surface area contributed by atoms with Crippen molar-refractivity contribution in [3.8, 4) is 0 Å². The molecule has 0 aromatic rings. The Bertz CT molecular complexity index is 207. The van der Waals surface area contributed by atoms with E-state index in [1.165, 1.54) is 7.05 Å². The van der Waals surface area contributed by atoms with Gasteiger partial charge in [-0.3, -0.25) is 5.41 Å². The van der Waals surface area contributed by atoms with Gasteiger partial charge in [-0.2, -0.15) is 13.2 Å². The predicted molar refractivity (Wildman–Crippen MR) is 48.4 cm³/mol. The standard InChI is InChI=1S/C9H15F3N2/c1-14(6-9(10,11)12)8(13)7-4-2-3-5-7/h7,13H,2-6H2,1H3. The lowest BCUT2D eigenvalue weighted by Gasteiger charge is -2.24. The second-order valence-corrected chi connectivity index (χ2v) is 3.84. The number of halogens is 3. The minimum atomic E-state index is -4.21. The Kier molecular flexibility index (Phi) is 3.39. The first-order chi connectivity index (χ1) is 6.40. The highest BCUT2D eigenvalue weighted by atomic mass is 19.4. The van der Waals surface area contributed by atoms with Crippen LogP contribution in [0.1, 0.15) is 25.7 Å². The first-order valence-electron chi connectivity index (χ1n) is 4.76. The van der Waals surface area contributed by atoms with Crippen molar-refractivity contribution in [3.63, 3.8) is 0 Å². The van der Waals surface area contributed by atoms with Crippen molar-refractivity contribution in [2.75, 3.05) is 13.6 Å². The van der Waals surface area contributed by atoms with Gasteiger partial charge in [0.1, 0.15) is 6.54 Å². The molecule has 0 radical (unpaired) electrons. The fraction of sp³-hybridized carbons (Fsp3) is 0.889. The van der Waals surface area contributed by atoms with E-state index in [-0.39, 0.29) is 11.8 Å². The molecule has 0 amide bonds. The SMILES string of the molecule is CN(CC(F)(F)F)C(=N)C1CCCC1. The van der Waals surface area contributed by atoms with Crippen LogP contribution in [0.15, 0.2) is 0 Å². The molecule has 1 fully saturated rings. The molecule has 1 rings (SSSR count). The maximum absolute atomic E-state index is 12.0. The number of rotatable bonds is 2. The van der Waals surface area contributed by atoms with Crippen molar-refractivity contribution in [2.24, 2.45) is 5.92 Å². The summed E-state index contributed by atoms with van der Waals surface area (Å²) in [5.41, 5.74) is 0. The molecule has 0 atom stereocenters. The third-order valence-corrected chi connectivity index (χ3v) is 2.57. The summed E-state index contributed by atoms with van der Waals surface area (Å²) in [6.45, 7) is -1.01. The summed E-state index contributed by atoms with van der Waals surface area (Å²) >= 11 is 0. The van der Waals surface area contributed by atoms with E-state index in [9.17, 15) is 13.2 Å². The van der Waals surface area contributed by atoms with E-state index < -0.39 is 12.7 Å². The normalized spacial score (nSPS) is 18.6. The van der Waals surface area contributed by atoms with Gasteiger partial charge in [0.15, 0.2) is 0 Å². The Morgan fingerprint density at radius 2 is 1.86 bits per heavy atom. The number of amidine groups is 1. The van der Waals surface area contributed by atoms with Crippen LogP contribution in [-0.2, 0) is 0 Å². The minimum absolute atomic E-state index is 0.0438. The van der Waals surface area contributed by atoms with Crippen LogP contribution in [0.25, 0.3) is 0 Å². The Hall–Kier alpha value is -0.740. The fourth-order valence-corrected chi connectivity index (χ4v) is 1.87. The topological polar surface area (TPSA) is 27.1 Å². The summed E-state index contributed by atoms with van der Waals surface area (Å²) in [5.74, 6) is 0.183. The molecule has 0 saturated heterocycles. The first-order valence-corrected chi connectivity index (χ1v) is 4.76. The summed E-state index contributed by atoms with van der Waals surface area (Å²) in [4.78, 5) is 1.01. The quantitative estimate of drug-likeness (QED) is 0.548. The van der Waals surface area contributed by atoms with Crippen LogP contribution in [0.5, 0.6) is 0 Å². The van der Waals surface area contributed by atoms with Gasteiger partial charge in [-0.25, -0.2) is 0 Å². The lowest BCUT2D eigenvalue weighted by molar-refractivity contribution is -0.136. The van der Waals surface area contributed by atoms with Crippen LogP contribution < -0.4 is 0 Å². The number of nitrogens with zero attached hydrogens (tertiary/aromatic N) is 1. The van der Waals surface area contributed by atoms with E-state index in [0.29, 0.717) is 0 Å². The molecule has 1 saturated carbocycles. The summed E-state index contributed by atoms with van der Waals surface area (Å²) < 4.78 is 36.0. The monoisotopic (exact) mass is 208 g/mol. The van der Waals surface area contributed by atoms with E-state index in [2.05, 4.69) is 0 Å². The third kappa shape index (κ3) is 3.20. The largest absolute Gasteiger partial charge is 0.405 e.